The van der Waals surface area contributed by atoms with E-state index in [-0.39, 0.29) is 19.5 Å². The van der Waals surface area contributed by atoms with Gasteiger partial charge < -0.3 is 39.6 Å². The minimum absolute atomic E-state index is 0. The van der Waals surface area contributed by atoms with Gasteiger partial charge in [0.25, 0.3) is 0 Å². The molecule has 0 aliphatic carbocycles. The standard InChI is InChI=1S/C28H31N5O3.C5H8O5.CO2.CH4/c1-6-28(34)31-23-15-19(25(35-5)17-26(23)36-14-13-32(2)3)16-27-29-12-11-22(30-27)21-18-33(4)24-10-8-7-9-20(21)24;1-5(10,4(8)9)2-3(6)7;2-1-3;/h6-12,15,17-18H,1,13-14,16H2,2-5H3,(H,31,34);10H,2H2,1H3,(H,6,7)(H,8,9);;1H4. The zero-order valence-corrected chi connectivity index (χ0v) is 27.8. The van der Waals surface area contributed by atoms with E-state index >= 15 is 0 Å². The first-order valence-electron chi connectivity index (χ1n) is 14.6. The first-order valence-corrected chi connectivity index (χ1v) is 14.6. The van der Waals surface area contributed by atoms with Gasteiger partial charge in [0.1, 0.15) is 23.9 Å². The summed E-state index contributed by atoms with van der Waals surface area (Å²) in [6, 6.07) is 13.8. The van der Waals surface area contributed by atoms with E-state index < -0.39 is 24.0 Å². The number of carboxylic acid groups (broad SMARTS) is 2. The van der Waals surface area contributed by atoms with E-state index in [4.69, 9.17) is 39.4 Å². The topological polar surface area (TPSA) is 210 Å². The molecule has 0 saturated carbocycles. The van der Waals surface area contributed by atoms with Crippen LogP contribution in [0.15, 0.2) is 67.5 Å². The maximum Gasteiger partial charge on any atom is 0.373 e. The first kappa shape index (κ1) is 42.1. The van der Waals surface area contributed by atoms with Gasteiger partial charge in [-0.2, -0.15) is 9.59 Å². The number of aliphatic hydroxyl groups is 1. The Morgan fingerprint density at radius 2 is 1.78 bits per heavy atom. The summed E-state index contributed by atoms with van der Waals surface area (Å²) in [6.45, 7) is 5.68. The Kier molecular flexibility index (Phi) is 16.7. The van der Waals surface area contributed by atoms with Crippen molar-refractivity contribution in [3.63, 3.8) is 0 Å². The van der Waals surface area contributed by atoms with Crippen LogP contribution in [0.1, 0.15) is 32.2 Å². The van der Waals surface area contributed by atoms with E-state index in [0.717, 1.165) is 41.2 Å². The molecular formula is C35H43N5O10. The molecule has 0 saturated heterocycles. The van der Waals surface area contributed by atoms with Crippen molar-refractivity contribution >= 4 is 40.6 Å². The zero-order chi connectivity index (χ0) is 36.7. The van der Waals surface area contributed by atoms with E-state index in [1.54, 1.807) is 19.4 Å². The summed E-state index contributed by atoms with van der Waals surface area (Å²) >= 11 is 0. The summed E-state index contributed by atoms with van der Waals surface area (Å²) < 4.78 is 13.7. The van der Waals surface area contributed by atoms with Crippen molar-refractivity contribution in [1.82, 2.24) is 19.4 Å². The first-order chi connectivity index (χ1) is 23.2. The van der Waals surface area contributed by atoms with Crippen LogP contribution in [0.25, 0.3) is 22.2 Å². The number of ether oxygens (including phenoxy) is 2. The van der Waals surface area contributed by atoms with Crippen molar-refractivity contribution in [1.29, 1.82) is 0 Å². The maximum atomic E-state index is 12.1. The fourth-order valence-corrected chi connectivity index (χ4v) is 4.39. The van der Waals surface area contributed by atoms with Crippen LogP contribution in [-0.2, 0) is 37.4 Å². The van der Waals surface area contributed by atoms with E-state index in [9.17, 15) is 14.4 Å². The van der Waals surface area contributed by atoms with Gasteiger partial charge in [0, 0.05) is 60.5 Å². The molecule has 0 aliphatic rings. The number of hydrogen-bond donors (Lipinski definition) is 4. The van der Waals surface area contributed by atoms with E-state index in [1.165, 1.54) is 6.08 Å². The number of aliphatic carboxylic acids is 2. The Morgan fingerprint density at radius 1 is 1.12 bits per heavy atom. The Hall–Kier alpha value is -5.89. The van der Waals surface area contributed by atoms with Crippen LogP contribution in [0.2, 0.25) is 0 Å². The molecule has 0 radical (unpaired) electrons. The fraction of sp³-hybridized carbons (Fsp3) is 0.314. The van der Waals surface area contributed by atoms with Crippen LogP contribution >= 0.6 is 0 Å². The minimum atomic E-state index is -2.16. The van der Waals surface area contributed by atoms with E-state index in [2.05, 4.69) is 39.8 Å². The van der Waals surface area contributed by atoms with E-state index in [0.29, 0.717) is 36.0 Å². The molecule has 0 aliphatic heterocycles. The second kappa shape index (κ2) is 19.8. The number of fused-ring (bicyclic) bond motifs is 1. The van der Waals surface area contributed by atoms with Crippen LogP contribution in [-0.4, -0.2) is 98.7 Å². The molecule has 0 spiro atoms. The van der Waals surface area contributed by atoms with Gasteiger partial charge >= 0.3 is 18.1 Å². The van der Waals surface area contributed by atoms with E-state index in [1.807, 2.05) is 50.3 Å². The number of likely N-dealkylation sites (N-methyl/N-ethyl adjacent to an activating group) is 1. The van der Waals surface area contributed by atoms with Crippen LogP contribution in [0.4, 0.5) is 5.69 Å². The van der Waals surface area contributed by atoms with Gasteiger partial charge in [-0.1, -0.05) is 32.2 Å². The molecule has 1 atom stereocenters. The minimum Gasteiger partial charge on any atom is -0.496 e. The largest absolute Gasteiger partial charge is 0.496 e. The Labute approximate surface area is 289 Å². The zero-order valence-electron chi connectivity index (χ0n) is 27.8. The third-order valence-electron chi connectivity index (χ3n) is 6.81. The average Bonchev–Trinajstić information content (AvgIpc) is 3.38. The number of anilines is 1. The number of nitrogens with one attached hydrogen (secondary N) is 1. The number of amides is 1. The molecule has 268 valence electrons. The summed E-state index contributed by atoms with van der Waals surface area (Å²) in [5.74, 6) is -1.40. The quantitative estimate of drug-likeness (QED) is 0.148. The van der Waals surface area contributed by atoms with Crippen LogP contribution in [0.3, 0.4) is 0 Å². The summed E-state index contributed by atoms with van der Waals surface area (Å²) in [6.07, 6.45) is 4.95. The third-order valence-corrected chi connectivity index (χ3v) is 6.81. The Morgan fingerprint density at radius 3 is 2.34 bits per heavy atom. The highest BCUT2D eigenvalue weighted by Gasteiger charge is 2.32. The molecular weight excluding hydrogens is 650 g/mol. The molecule has 2 aromatic carbocycles. The number of carboxylic acids is 2. The molecule has 0 bridgehead atoms. The van der Waals surface area contributed by atoms with Crippen molar-refractivity contribution in [3.8, 4) is 22.8 Å². The Balaban J connectivity index is 0.000000763. The number of aromatic nitrogens is 3. The van der Waals surface area contributed by atoms with Gasteiger partial charge in [0.05, 0.1) is 24.9 Å². The van der Waals surface area contributed by atoms with Crippen molar-refractivity contribution in [3.05, 3.63) is 78.9 Å². The smallest absolute Gasteiger partial charge is 0.373 e. The highest BCUT2D eigenvalue weighted by atomic mass is 16.5. The van der Waals surface area contributed by atoms with Gasteiger partial charge in [0.2, 0.25) is 5.91 Å². The number of benzene rings is 2. The van der Waals surface area contributed by atoms with Crippen molar-refractivity contribution in [2.75, 3.05) is 39.7 Å². The number of hydrogen-bond acceptors (Lipinski definition) is 11. The number of rotatable bonds is 13. The number of nitrogens with zero attached hydrogens (tertiary/aromatic N) is 4. The number of carbonyl (C=O) groups is 3. The molecule has 15 heteroatoms. The average molecular weight is 694 g/mol. The summed E-state index contributed by atoms with van der Waals surface area (Å²) in [5.41, 5.74) is 2.24. The van der Waals surface area contributed by atoms with Crippen LogP contribution in [0, 0.1) is 0 Å². The maximum absolute atomic E-state index is 12.1. The molecule has 4 rings (SSSR count). The number of para-hydroxylation sites is 1. The molecule has 2 heterocycles. The van der Waals surface area contributed by atoms with Gasteiger partial charge in [0.15, 0.2) is 5.60 Å². The fourth-order valence-electron chi connectivity index (χ4n) is 4.39. The lowest BCUT2D eigenvalue weighted by Crippen LogP contribution is -2.37. The second-order valence-electron chi connectivity index (χ2n) is 10.9. The van der Waals surface area contributed by atoms with Crippen LogP contribution in [0.5, 0.6) is 11.5 Å². The van der Waals surface area contributed by atoms with Gasteiger partial charge in [-0.15, -0.1) is 0 Å². The molecule has 1 amide bonds. The highest BCUT2D eigenvalue weighted by Crippen LogP contribution is 2.35. The lowest BCUT2D eigenvalue weighted by atomic mass is 10.0. The predicted octanol–water partition coefficient (Wildman–Crippen LogP) is 3.65. The SMILES string of the molecule is C.C=CC(=O)Nc1cc(Cc2nccc(-c3cn(C)c4ccccc34)n2)c(OC)cc1OCCN(C)C.CC(O)(CC(=O)O)C(=O)O.O=C=O. The van der Waals surface area contributed by atoms with Crippen molar-refractivity contribution in [2.45, 2.75) is 32.8 Å². The monoisotopic (exact) mass is 693 g/mol. The molecule has 4 N–H and O–H groups in total. The van der Waals surface area contributed by atoms with Gasteiger partial charge in [-0.25, -0.2) is 14.8 Å². The van der Waals surface area contributed by atoms with Crippen molar-refractivity contribution in [2.24, 2.45) is 7.05 Å². The third kappa shape index (κ3) is 12.3. The summed E-state index contributed by atoms with van der Waals surface area (Å²) in [4.78, 5) is 59.7. The molecule has 1 unspecified atom stereocenters. The van der Waals surface area contributed by atoms with Crippen LogP contribution < -0.4 is 14.8 Å². The lowest BCUT2D eigenvalue weighted by Gasteiger charge is -2.17. The van der Waals surface area contributed by atoms with Gasteiger partial charge in [-0.3, -0.25) is 9.59 Å². The molecule has 15 nitrogen and oxygen atoms in total. The highest BCUT2D eigenvalue weighted by molar-refractivity contribution is 6.00. The normalized spacial score (nSPS) is 11.3. The van der Waals surface area contributed by atoms with Crippen molar-refractivity contribution < 1.29 is 48.8 Å². The second-order valence-corrected chi connectivity index (χ2v) is 10.9. The molecule has 2 aromatic heterocycles. The summed E-state index contributed by atoms with van der Waals surface area (Å²) in [7, 11) is 7.58. The number of methoxy groups -OCH3 is 1. The summed E-state index contributed by atoms with van der Waals surface area (Å²) in [5, 5.41) is 29.0. The molecule has 50 heavy (non-hydrogen) atoms. The number of aryl methyl sites for hydroxylation is 1. The number of carbonyl (C=O) groups excluding carboxylic acids is 3. The Bertz CT molecular complexity index is 1810. The predicted molar refractivity (Wildman–Crippen MR) is 185 cm³/mol. The molecule has 4 aromatic rings. The van der Waals surface area contributed by atoms with Gasteiger partial charge in [-0.05, 0) is 45.3 Å². The molecule has 0 fully saturated rings. The lowest BCUT2D eigenvalue weighted by molar-refractivity contribution is -0.191.